The monoisotopic (exact) mass is 406 g/mol. The molecular weight excluding hydrogens is 383 g/mol. The number of hydrogen-bond acceptors (Lipinski definition) is 3. The molecule has 0 radical (unpaired) electrons. The second kappa shape index (κ2) is 8.19. The standard InChI is InChI=1S/C21H24Cl2N2O2/c1-13-6-4-5-7-14(13)11-24(2)20(27)12-25(3)21-17-8-15(22)9-18(23)16(17)10-19(21)26/h4-9,19,21,26H,10-12H2,1-3H3. The molecule has 1 aliphatic rings. The normalized spacial score (nSPS) is 18.6. The van der Waals surface area contributed by atoms with Crippen molar-refractivity contribution >= 4 is 29.1 Å². The molecule has 1 N–H and O–H groups in total. The number of amides is 1. The number of aryl methyl sites for hydroxylation is 1. The van der Waals surface area contributed by atoms with Crippen molar-refractivity contribution in [1.82, 2.24) is 9.80 Å². The van der Waals surface area contributed by atoms with Gasteiger partial charge in [-0.2, -0.15) is 0 Å². The summed E-state index contributed by atoms with van der Waals surface area (Å²) in [6.45, 7) is 2.80. The van der Waals surface area contributed by atoms with Crippen molar-refractivity contribution in [2.75, 3.05) is 20.6 Å². The highest BCUT2D eigenvalue weighted by Gasteiger charge is 2.36. The molecule has 1 amide bonds. The third kappa shape index (κ3) is 4.30. The fourth-order valence-corrected chi connectivity index (χ4v) is 4.31. The Hall–Kier alpha value is -1.59. The number of likely N-dealkylation sites (N-methyl/N-ethyl adjacent to an activating group) is 2. The van der Waals surface area contributed by atoms with Gasteiger partial charge >= 0.3 is 0 Å². The van der Waals surface area contributed by atoms with E-state index in [0.29, 0.717) is 23.0 Å². The van der Waals surface area contributed by atoms with Crippen LogP contribution < -0.4 is 0 Å². The molecule has 2 aromatic rings. The molecule has 0 bridgehead atoms. The maximum absolute atomic E-state index is 12.7. The lowest BCUT2D eigenvalue weighted by Gasteiger charge is -2.29. The van der Waals surface area contributed by atoms with Crippen LogP contribution in [0.5, 0.6) is 0 Å². The van der Waals surface area contributed by atoms with Crippen LogP contribution in [0.2, 0.25) is 10.0 Å². The van der Waals surface area contributed by atoms with Gasteiger partial charge in [0.15, 0.2) is 0 Å². The van der Waals surface area contributed by atoms with Crippen molar-refractivity contribution < 1.29 is 9.90 Å². The summed E-state index contributed by atoms with van der Waals surface area (Å²) in [5, 5.41) is 11.7. The van der Waals surface area contributed by atoms with Crippen LogP contribution in [0.3, 0.4) is 0 Å². The van der Waals surface area contributed by atoms with Crippen LogP contribution in [0.15, 0.2) is 36.4 Å². The maximum Gasteiger partial charge on any atom is 0.236 e. The van der Waals surface area contributed by atoms with E-state index in [1.54, 1.807) is 18.0 Å². The highest BCUT2D eigenvalue weighted by atomic mass is 35.5. The summed E-state index contributed by atoms with van der Waals surface area (Å²) in [7, 11) is 3.65. The van der Waals surface area contributed by atoms with Crippen LogP contribution in [0, 0.1) is 6.92 Å². The van der Waals surface area contributed by atoms with E-state index in [0.717, 1.165) is 22.3 Å². The van der Waals surface area contributed by atoms with Crippen molar-refractivity contribution in [1.29, 1.82) is 0 Å². The minimum Gasteiger partial charge on any atom is -0.391 e. The second-order valence-corrected chi connectivity index (χ2v) is 8.11. The molecular formula is C21H24Cl2N2O2. The summed E-state index contributed by atoms with van der Waals surface area (Å²) >= 11 is 12.4. The summed E-state index contributed by atoms with van der Waals surface area (Å²) in [6.07, 6.45) is -0.149. The fraction of sp³-hybridized carbons (Fsp3) is 0.381. The van der Waals surface area contributed by atoms with Crippen LogP contribution in [-0.2, 0) is 17.8 Å². The summed E-state index contributed by atoms with van der Waals surface area (Å²) in [5.74, 6) is -0.00507. The zero-order valence-electron chi connectivity index (χ0n) is 15.7. The number of halogens is 2. The summed E-state index contributed by atoms with van der Waals surface area (Å²) in [4.78, 5) is 16.3. The molecule has 144 valence electrons. The Bertz CT molecular complexity index is 856. The molecule has 1 aliphatic carbocycles. The first-order valence-corrected chi connectivity index (χ1v) is 9.68. The Morgan fingerprint density at radius 1 is 1.22 bits per heavy atom. The third-order valence-electron chi connectivity index (χ3n) is 5.25. The lowest BCUT2D eigenvalue weighted by atomic mass is 10.1. The van der Waals surface area contributed by atoms with Gasteiger partial charge in [-0.15, -0.1) is 0 Å². The number of benzene rings is 2. The minimum absolute atomic E-state index is 0.00507. The number of hydrogen-bond donors (Lipinski definition) is 1. The van der Waals surface area contributed by atoms with Crippen molar-refractivity contribution in [3.05, 3.63) is 68.7 Å². The molecule has 2 atom stereocenters. The number of rotatable bonds is 5. The van der Waals surface area contributed by atoms with Crippen molar-refractivity contribution in [3.8, 4) is 0 Å². The van der Waals surface area contributed by atoms with E-state index in [9.17, 15) is 9.90 Å². The molecule has 2 unspecified atom stereocenters. The maximum atomic E-state index is 12.7. The van der Waals surface area contributed by atoms with E-state index >= 15 is 0 Å². The van der Waals surface area contributed by atoms with Crippen LogP contribution in [0.4, 0.5) is 0 Å². The average molecular weight is 407 g/mol. The summed E-state index contributed by atoms with van der Waals surface area (Å²) in [5.41, 5.74) is 4.10. The predicted octanol–water partition coefficient (Wildman–Crippen LogP) is 3.85. The molecule has 6 heteroatoms. The number of carbonyl (C=O) groups is 1. The largest absolute Gasteiger partial charge is 0.391 e. The first-order valence-electron chi connectivity index (χ1n) is 8.92. The predicted molar refractivity (Wildman–Crippen MR) is 109 cm³/mol. The molecule has 27 heavy (non-hydrogen) atoms. The molecule has 2 aromatic carbocycles. The van der Waals surface area contributed by atoms with E-state index in [4.69, 9.17) is 23.2 Å². The summed E-state index contributed by atoms with van der Waals surface area (Å²) < 4.78 is 0. The van der Waals surface area contributed by atoms with Crippen molar-refractivity contribution in [2.45, 2.75) is 32.0 Å². The molecule has 0 aliphatic heterocycles. The molecule has 0 fully saturated rings. The number of aliphatic hydroxyl groups excluding tert-OH is 1. The van der Waals surface area contributed by atoms with E-state index in [-0.39, 0.29) is 18.5 Å². The molecule has 0 saturated carbocycles. The third-order valence-corrected chi connectivity index (χ3v) is 5.80. The first kappa shape index (κ1) is 20.2. The Kier molecular flexibility index (Phi) is 6.11. The smallest absolute Gasteiger partial charge is 0.236 e. The second-order valence-electron chi connectivity index (χ2n) is 7.26. The van der Waals surface area contributed by atoms with Crippen LogP contribution in [0.1, 0.15) is 28.3 Å². The van der Waals surface area contributed by atoms with Gasteiger partial charge in [0.2, 0.25) is 5.91 Å². The van der Waals surface area contributed by atoms with Crippen molar-refractivity contribution in [2.24, 2.45) is 0 Å². The zero-order chi connectivity index (χ0) is 19.7. The molecule has 4 nitrogen and oxygen atoms in total. The summed E-state index contributed by atoms with van der Waals surface area (Å²) in [6, 6.07) is 11.3. The molecule has 3 rings (SSSR count). The molecule has 0 spiro atoms. The molecule has 0 aromatic heterocycles. The SMILES string of the molecule is Cc1ccccc1CN(C)C(=O)CN(C)C1c2cc(Cl)cc(Cl)c2CC1O. The zero-order valence-corrected chi connectivity index (χ0v) is 17.3. The first-order chi connectivity index (χ1) is 12.8. The average Bonchev–Trinajstić information content (AvgIpc) is 2.93. The van der Waals surface area contributed by atoms with Gasteiger partial charge in [0.25, 0.3) is 0 Å². The lowest BCUT2D eigenvalue weighted by molar-refractivity contribution is -0.132. The number of nitrogens with zero attached hydrogens (tertiary/aromatic N) is 2. The van der Waals surface area contributed by atoms with Gasteiger partial charge in [-0.25, -0.2) is 0 Å². The molecule has 0 saturated heterocycles. The van der Waals surface area contributed by atoms with Gasteiger partial charge in [0.1, 0.15) is 0 Å². The fourth-order valence-electron chi connectivity index (χ4n) is 3.73. The quantitative estimate of drug-likeness (QED) is 0.819. The highest BCUT2D eigenvalue weighted by molar-refractivity contribution is 6.35. The lowest BCUT2D eigenvalue weighted by Crippen LogP contribution is -2.40. The van der Waals surface area contributed by atoms with E-state index in [1.165, 1.54) is 0 Å². The Balaban J connectivity index is 1.71. The topological polar surface area (TPSA) is 43.8 Å². The number of aliphatic hydroxyl groups is 1. The van der Waals surface area contributed by atoms with Crippen LogP contribution >= 0.6 is 23.2 Å². The number of fused-ring (bicyclic) bond motifs is 1. The van der Waals surface area contributed by atoms with Crippen molar-refractivity contribution in [3.63, 3.8) is 0 Å². The highest BCUT2D eigenvalue weighted by Crippen LogP contribution is 2.40. The van der Waals surface area contributed by atoms with E-state index in [2.05, 4.69) is 0 Å². The van der Waals surface area contributed by atoms with Crippen LogP contribution in [-0.4, -0.2) is 47.6 Å². The van der Waals surface area contributed by atoms with E-state index < -0.39 is 6.10 Å². The Morgan fingerprint density at radius 3 is 2.63 bits per heavy atom. The Morgan fingerprint density at radius 2 is 1.93 bits per heavy atom. The Labute approximate surface area is 170 Å². The van der Waals surface area contributed by atoms with Crippen LogP contribution in [0.25, 0.3) is 0 Å². The minimum atomic E-state index is -0.615. The van der Waals surface area contributed by atoms with Gasteiger partial charge < -0.3 is 10.0 Å². The number of carbonyl (C=O) groups excluding carboxylic acids is 1. The van der Waals surface area contributed by atoms with Gasteiger partial charge in [-0.1, -0.05) is 47.5 Å². The van der Waals surface area contributed by atoms with Gasteiger partial charge in [0, 0.05) is 30.1 Å². The van der Waals surface area contributed by atoms with Gasteiger partial charge in [0.05, 0.1) is 18.7 Å². The van der Waals surface area contributed by atoms with Gasteiger partial charge in [-0.3, -0.25) is 9.69 Å². The molecule has 0 heterocycles. The van der Waals surface area contributed by atoms with Gasteiger partial charge in [-0.05, 0) is 48.4 Å². The van der Waals surface area contributed by atoms with E-state index in [1.807, 2.05) is 49.2 Å².